The summed E-state index contributed by atoms with van der Waals surface area (Å²) in [5, 5.41) is 11.2. The fraction of sp³-hybridized carbons (Fsp3) is 0.462. The Labute approximate surface area is 112 Å². The lowest BCUT2D eigenvalue weighted by atomic mass is 10.3. The van der Waals surface area contributed by atoms with Crippen LogP contribution in [0.4, 0.5) is 4.79 Å². The topological polar surface area (TPSA) is 82.5 Å². The van der Waals surface area contributed by atoms with Crippen molar-refractivity contribution in [2.45, 2.75) is 32.9 Å². The number of carboxylic acid groups (broad SMARTS) is 1. The van der Waals surface area contributed by atoms with Gasteiger partial charge in [0, 0.05) is 12.7 Å². The zero-order valence-corrected chi connectivity index (χ0v) is 11.2. The van der Waals surface area contributed by atoms with Crippen molar-refractivity contribution >= 4 is 12.0 Å². The van der Waals surface area contributed by atoms with E-state index >= 15 is 0 Å². The second-order valence-corrected chi connectivity index (χ2v) is 4.25. The van der Waals surface area contributed by atoms with Crippen molar-refractivity contribution in [3.8, 4) is 0 Å². The van der Waals surface area contributed by atoms with Crippen LogP contribution in [0.5, 0.6) is 0 Å². The number of carboxylic acids is 1. The summed E-state index contributed by atoms with van der Waals surface area (Å²) in [4.78, 5) is 28.4. The van der Waals surface area contributed by atoms with Crippen molar-refractivity contribution in [3.63, 3.8) is 0 Å². The molecule has 1 atom stereocenters. The van der Waals surface area contributed by atoms with Crippen molar-refractivity contribution in [2.24, 2.45) is 0 Å². The first-order valence-electron chi connectivity index (χ1n) is 6.22. The predicted octanol–water partition coefficient (Wildman–Crippen LogP) is 1.48. The van der Waals surface area contributed by atoms with Gasteiger partial charge >= 0.3 is 12.0 Å². The van der Waals surface area contributed by atoms with E-state index < -0.39 is 12.0 Å². The first-order chi connectivity index (χ1) is 9.04. The van der Waals surface area contributed by atoms with Crippen LogP contribution in [-0.2, 0) is 11.3 Å². The minimum atomic E-state index is -1.05. The number of rotatable bonds is 6. The molecule has 1 heterocycles. The van der Waals surface area contributed by atoms with Crippen LogP contribution in [0.1, 0.15) is 26.0 Å². The monoisotopic (exact) mass is 265 g/mol. The van der Waals surface area contributed by atoms with E-state index in [1.54, 1.807) is 17.2 Å². The van der Waals surface area contributed by atoms with Crippen LogP contribution in [0.15, 0.2) is 24.4 Å². The minimum Gasteiger partial charge on any atom is -0.480 e. The van der Waals surface area contributed by atoms with Gasteiger partial charge in [0.25, 0.3) is 0 Å². The number of amides is 2. The fourth-order valence-corrected chi connectivity index (χ4v) is 1.55. The molecule has 0 fully saturated rings. The average Bonchev–Trinajstić information content (AvgIpc) is 2.39. The number of carbonyl (C=O) groups excluding carboxylic acids is 1. The molecule has 1 aromatic rings. The molecule has 1 aromatic heterocycles. The molecule has 0 unspecified atom stereocenters. The van der Waals surface area contributed by atoms with Crippen LogP contribution in [-0.4, -0.2) is 39.6 Å². The largest absolute Gasteiger partial charge is 0.480 e. The van der Waals surface area contributed by atoms with E-state index in [-0.39, 0.29) is 6.03 Å². The second kappa shape index (κ2) is 7.35. The molecular weight excluding hydrogens is 246 g/mol. The van der Waals surface area contributed by atoms with Gasteiger partial charge in [-0.05, 0) is 25.5 Å². The molecule has 0 aromatic carbocycles. The summed E-state index contributed by atoms with van der Waals surface area (Å²) in [5.41, 5.74) is 0.772. The van der Waals surface area contributed by atoms with Gasteiger partial charge in [0.1, 0.15) is 6.04 Å². The van der Waals surface area contributed by atoms with Crippen molar-refractivity contribution in [1.82, 2.24) is 15.2 Å². The number of aromatic nitrogens is 1. The molecule has 0 aliphatic carbocycles. The Morgan fingerprint density at radius 2 is 2.21 bits per heavy atom. The summed E-state index contributed by atoms with van der Waals surface area (Å²) >= 11 is 0. The molecule has 2 N–H and O–H groups in total. The van der Waals surface area contributed by atoms with E-state index in [0.29, 0.717) is 13.1 Å². The molecule has 6 heteroatoms. The van der Waals surface area contributed by atoms with Crippen LogP contribution in [0.2, 0.25) is 0 Å². The number of urea groups is 1. The SMILES string of the molecule is CCCN(Cc1ccccn1)C(=O)N[C@H](C)C(=O)O. The van der Waals surface area contributed by atoms with Gasteiger partial charge in [-0.3, -0.25) is 9.78 Å². The number of nitrogens with zero attached hydrogens (tertiary/aromatic N) is 2. The number of carbonyl (C=O) groups is 2. The number of pyridine rings is 1. The van der Waals surface area contributed by atoms with Gasteiger partial charge in [0.05, 0.1) is 12.2 Å². The molecule has 6 nitrogen and oxygen atoms in total. The smallest absolute Gasteiger partial charge is 0.325 e. The summed E-state index contributed by atoms with van der Waals surface area (Å²) in [6, 6.07) is 4.19. The van der Waals surface area contributed by atoms with Crippen molar-refractivity contribution in [2.75, 3.05) is 6.54 Å². The molecule has 0 aliphatic heterocycles. The van der Waals surface area contributed by atoms with Gasteiger partial charge in [-0.25, -0.2) is 4.79 Å². The lowest BCUT2D eigenvalue weighted by Gasteiger charge is -2.23. The van der Waals surface area contributed by atoms with Gasteiger partial charge in [0.15, 0.2) is 0 Å². The van der Waals surface area contributed by atoms with E-state index in [1.807, 2.05) is 19.1 Å². The quantitative estimate of drug-likeness (QED) is 0.816. The van der Waals surface area contributed by atoms with Gasteiger partial charge in [-0.2, -0.15) is 0 Å². The van der Waals surface area contributed by atoms with Crippen LogP contribution in [0.3, 0.4) is 0 Å². The van der Waals surface area contributed by atoms with Crippen LogP contribution in [0, 0.1) is 0 Å². The normalized spacial score (nSPS) is 11.7. The number of hydrogen-bond donors (Lipinski definition) is 2. The zero-order valence-electron chi connectivity index (χ0n) is 11.2. The molecule has 0 bridgehead atoms. The summed E-state index contributed by atoms with van der Waals surface area (Å²) in [5.74, 6) is -1.05. The Morgan fingerprint density at radius 3 is 2.74 bits per heavy atom. The van der Waals surface area contributed by atoms with Gasteiger partial charge in [-0.1, -0.05) is 13.0 Å². The first kappa shape index (κ1) is 14.9. The molecular formula is C13H19N3O3. The highest BCUT2D eigenvalue weighted by Crippen LogP contribution is 2.03. The maximum Gasteiger partial charge on any atom is 0.325 e. The van der Waals surface area contributed by atoms with Gasteiger partial charge < -0.3 is 15.3 Å². The Kier molecular flexibility index (Phi) is 5.78. The van der Waals surface area contributed by atoms with E-state index in [2.05, 4.69) is 10.3 Å². The van der Waals surface area contributed by atoms with Crippen LogP contribution < -0.4 is 5.32 Å². The van der Waals surface area contributed by atoms with Crippen LogP contribution >= 0.6 is 0 Å². The molecule has 0 spiro atoms. The lowest BCUT2D eigenvalue weighted by Crippen LogP contribution is -2.46. The van der Waals surface area contributed by atoms with Crippen molar-refractivity contribution < 1.29 is 14.7 Å². The van der Waals surface area contributed by atoms with E-state index in [0.717, 1.165) is 12.1 Å². The highest BCUT2D eigenvalue weighted by Gasteiger charge is 2.19. The number of aliphatic carboxylic acids is 1. The predicted molar refractivity (Wildman–Crippen MR) is 70.6 cm³/mol. The molecule has 19 heavy (non-hydrogen) atoms. The van der Waals surface area contributed by atoms with E-state index in [4.69, 9.17) is 5.11 Å². The zero-order chi connectivity index (χ0) is 14.3. The Morgan fingerprint density at radius 1 is 1.47 bits per heavy atom. The Balaban J connectivity index is 2.66. The maximum atomic E-state index is 12.0. The average molecular weight is 265 g/mol. The number of hydrogen-bond acceptors (Lipinski definition) is 3. The van der Waals surface area contributed by atoms with E-state index in [1.165, 1.54) is 6.92 Å². The third kappa shape index (κ3) is 4.95. The van der Waals surface area contributed by atoms with E-state index in [9.17, 15) is 9.59 Å². The lowest BCUT2D eigenvalue weighted by molar-refractivity contribution is -0.138. The maximum absolute atomic E-state index is 12.0. The third-order valence-electron chi connectivity index (χ3n) is 2.57. The molecule has 1 rings (SSSR count). The summed E-state index contributed by atoms with van der Waals surface area (Å²) in [6.07, 6.45) is 2.46. The highest BCUT2D eigenvalue weighted by molar-refractivity contribution is 5.82. The Hall–Kier alpha value is -2.11. The standard InChI is InChI=1S/C13H19N3O3/c1-3-8-16(9-11-6-4-5-7-14-11)13(19)15-10(2)12(17)18/h4-7,10H,3,8-9H2,1-2H3,(H,15,19)(H,17,18)/t10-/m1/s1. The van der Waals surface area contributed by atoms with Gasteiger partial charge in [0.2, 0.25) is 0 Å². The fourth-order valence-electron chi connectivity index (χ4n) is 1.55. The molecule has 0 aliphatic rings. The molecule has 2 amide bonds. The van der Waals surface area contributed by atoms with Crippen LogP contribution in [0.25, 0.3) is 0 Å². The summed E-state index contributed by atoms with van der Waals surface area (Å²) < 4.78 is 0. The Bertz CT molecular complexity index is 422. The first-order valence-corrected chi connectivity index (χ1v) is 6.22. The van der Waals surface area contributed by atoms with Crippen molar-refractivity contribution in [1.29, 1.82) is 0 Å². The molecule has 0 saturated carbocycles. The molecule has 0 radical (unpaired) electrons. The number of nitrogens with one attached hydrogen (secondary N) is 1. The minimum absolute atomic E-state index is 0.368. The molecule has 104 valence electrons. The summed E-state index contributed by atoms with van der Waals surface area (Å²) in [6.45, 7) is 4.31. The molecule has 0 saturated heterocycles. The third-order valence-corrected chi connectivity index (χ3v) is 2.57. The van der Waals surface area contributed by atoms with Gasteiger partial charge in [-0.15, -0.1) is 0 Å². The second-order valence-electron chi connectivity index (χ2n) is 4.25. The highest BCUT2D eigenvalue weighted by atomic mass is 16.4. The van der Waals surface area contributed by atoms with Crippen molar-refractivity contribution in [3.05, 3.63) is 30.1 Å². The summed E-state index contributed by atoms with van der Waals surface area (Å²) in [7, 11) is 0.